The van der Waals surface area contributed by atoms with Gasteiger partial charge in [0.1, 0.15) is 12.6 Å². The number of benzene rings is 1. The molecule has 1 N–H and O–H groups in total. The molecule has 0 unspecified atom stereocenters. The quantitative estimate of drug-likeness (QED) is 0.803. The number of nitrogens with one attached hydrogen (secondary N) is 1. The molecule has 2 fully saturated rings. The Morgan fingerprint density at radius 3 is 2.62 bits per heavy atom. The molecule has 2 saturated heterocycles. The van der Waals surface area contributed by atoms with E-state index in [0.717, 1.165) is 12.1 Å². The molecule has 3 amide bonds. The van der Waals surface area contributed by atoms with Crippen LogP contribution in [0.3, 0.4) is 0 Å². The molecule has 2 aromatic rings. The second-order valence-corrected chi connectivity index (χ2v) is 8.61. The van der Waals surface area contributed by atoms with Crippen LogP contribution < -0.4 is 10.2 Å². The van der Waals surface area contributed by atoms with Crippen LogP contribution in [0.4, 0.5) is 11.4 Å². The van der Waals surface area contributed by atoms with Gasteiger partial charge in [0, 0.05) is 24.5 Å². The Balaban J connectivity index is 1.41. The summed E-state index contributed by atoms with van der Waals surface area (Å²) >= 11 is 7.15. The maximum atomic E-state index is 12.8. The molecule has 9 heteroatoms. The average molecular weight is 434 g/mol. The molecule has 4 rings (SSSR count). The van der Waals surface area contributed by atoms with Crippen molar-refractivity contribution in [1.82, 2.24) is 4.90 Å². The van der Waals surface area contributed by atoms with Gasteiger partial charge in [0.15, 0.2) is 0 Å². The van der Waals surface area contributed by atoms with Crippen molar-refractivity contribution in [2.24, 2.45) is 0 Å². The summed E-state index contributed by atoms with van der Waals surface area (Å²) in [7, 11) is 0. The molecule has 2 aliphatic heterocycles. The highest BCUT2D eigenvalue weighted by Crippen LogP contribution is 2.27. The minimum Gasteiger partial charge on any atom is -0.370 e. The molecule has 2 aliphatic rings. The maximum Gasteiger partial charge on any atom is 0.264 e. The lowest BCUT2D eigenvalue weighted by Gasteiger charge is -2.27. The Hall–Kier alpha value is -2.42. The minimum absolute atomic E-state index is 0.0816. The summed E-state index contributed by atoms with van der Waals surface area (Å²) < 4.78 is 5.69. The molecule has 1 atom stereocenters. The van der Waals surface area contributed by atoms with E-state index in [9.17, 15) is 14.4 Å². The molecule has 3 heterocycles. The van der Waals surface area contributed by atoms with Crippen molar-refractivity contribution in [3.05, 3.63) is 45.6 Å². The van der Waals surface area contributed by atoms with E-state index in [-0.39, 0.29) is 24.3 Å². The molecule has 1 aromatic carbocycles. The van der Waals surface area contributed by atoms with Crippen LogP contribution in [0.5, 0.6) is 0 Å². The number of carbonyl (C=O) groups is 3. The zero-order valence-electron chi connectivity index (χ0n) is 15.6. The Morgan fingerprint density at radius 2 is 1.93 bits per heavy atom. The number of thiophene rings is 1. The number of likely N-dealkylation sites (tertiary alicyclic amines) is 1. The number of morpholine rings is 1. The minimum atomic E-state index is -0.510. The topological polar surface area (TPSA) is 79.0 Å². The van der Waals surface area contributed by atoms with E-state index < -0.39 is 6.04 Å². The molecule has 0 aliphatic carbocycles. The fourth-order valence-electron chi connectivity index (χ4n) is 3.59. The first-order valence-corrected chi connectivity index (χ1v) is 10.6. The highest BCUT2D eigenvalue weighted by Gasteiger charge is 2.35. The van der Waals surface area contributed by atoms with Crippen LogP contribution >= 0.6 is 22.9 Å². The van der Waals surface area contributed by atoms with E-state index in [0.29, 0.717) is 41.0 Å². The number of rotatable bonds is 4. The third-order valence-electron chi connectivity index (χ3n) is 5.03. The molecule has 7 nitrogen and oxygen atoms in total. The number of amides is 3. The van der Waals surface area contributed by atoms with Crippen LogP contribution in [-0.2, 0) is 14.3 Å². The summed E-state index contributed by atoms with van der Waals surface area (Å²) in [5.41, 5.74) is 1.39. The molecule has 0 bridgehead atoms. The lowest BCUT2D eigenvalue weighted by Crippen LogP contribution is -2.43. The van der Waals surface area contributed by atoms with Crippen LogP contribution in [0.15, 0.2) is 36.4 Å². The fraction of sp³-hybridized carbons (Fsp3) is 0.350. The average Bonchev–Trinajstić information content (AvgIpc) is 3.38. The summed E-state index contributed by atoms with van der Waals surface area (Å²) in [6.07, 6.45) is 1.40. The van der Waals surface area contributed by atoms with Crippen LogP contribution in [-0.4, -0.2) is 55.0 Å². The predicted molar refractivity (Wildman–Crippen MR) is 112 cm³/mol. The smallest absolute Gasteiger partial charge is 0.264 e. The standard InChI is InChI=1S/C20H20ClN3O4S/c21-17-8-7-16(29-17)20(27)24-9-1-2-15(24)19(26)22-13-3-5-14(6-4-13)23-10-11-28-12-18(23)25/h3-8,15H,1-2,9-12H2,(H,22,26)/t15-/m1/s1. The van der Waals surface area contributed by atoms with Gasteiger partial charge in [-0.1, -0.05) is 11.6 Å². The third-order valence-corrected chi connectivity index (χ3v) is 6.25. The highest BCUT2D eigenvalue weighted by atomic mass is 35.5. The van der Waals surface area contributed by atoms with Crippen LogP contribution in [0.2, 0.25) is 4.34 Å². The molecule has 29 heavy (non-hydrogen) atoms. The van der Waals surface area contributed by atoms with E-state index in [1.807, 2.05) is 0 Å². The molecule has 1 aromatic heterocycles. The summed E-state index contributed by atoms with van der Waals surface area (Å²) in [4.78, 5) is 41.3. The second kappa shape index (κ2) is 8.52. The van der Waals surface area contributed by atoms with Crippen molar-refractivity contribution in [1.29, 1.82) is 0 Å². The van der Waals surface area contributed by atoms with E-state index >= 15 is 0 Å². The Bertz CT molecular complexity index is 930. The van der Waals surface area contributed by atoms with Gasteiger partial charge >= 0.3 is 0 Å². The van der Waals surface area contributed by atoms with Crippen LogP contribution in [0.25, 0.3) is 0 Å². The van der Waals surface area contributed by atoms with Gasteiger partial charge in [-0.2, -0.15) is 0 Å². The first-order valence-electron chi connectivity index (χ1n) is 9.38. The summed E-state index contributed by atoms with van der Waals surface area (Å²) in [5.74, 6) is -0.462. The van der Waals surface area contributed by atoms with Gasteiger partial charge in [0.2, 0.25) is 5.91 Å². The zero-order valence-corrected chi connectivity index (χ0v) is 17.2. The number of nitrogens with zero attached hydrogens (tertiary/aromatic N) is 2. The monoisotopic (exact) mass is 433 g/mol. The van der Waals surface area contributed by atoms with Gasteiger partial charge in [-0.3, -0.25) is 14.4 Å². The predicted octanol–water partition coefficient (Wildman–Crippen LogP) is 3.01. The largest absolute Gasteiger partial charge is 0.370 e. The Labute approximate surface area is 177 Å². The SMILES string of the molecule is O=C(Nc1ccc(N2CCOCC2=O)cc1)[C@H]1CCCN1C(=O)c1ccc(Cl)s1. The van der Waals surface area contributed by atoms with Gasteiger partial charge in [-0.15, -0.1) is 11.3 Å². The van der Waals surface area contributed by atoms with Gasteiger partial charge < -0.3 is 19.9 Å². The van der Waals surface area contributed by atoms with Crippen molar-refractivity contribution in [2.45, 2.75) is 18.9 Å². The molecule has 0 spiro atoms. The third kappa shape index (κ3) is 4.29. The highest BCUT2D eigenvalue weighted by molar-refractivity contribution is 7.18. The number of hydrogen-bond acceptors (Lipinski definition) is 5. The number of hydrogen-bond donors (Lipinski definition) is 1. The van der Waals surface area contributed by atoms with Crippen molar-refractivity contribution in [3.63, 3.8) is 0 Å². The van der Waals surface area contributed by atoms with Crippen LogP contribution in [0.1, 0.15) is 22.5 Å². The zero-order chi connectivity index (χ0) is 20.4. The Morgan fingerprint density at radius 1 is 1.14 bits per heavy atom. The second-order valence-electron chi connectivity index (χ2n) is 6.89. The van der Waals surface area contributed by atoms with Crippen molar-refractivity contribution in [3.8, 4) is 0 Å². The van der Waals surface area contributed by atoms with Gasteiger partial charge in [-0.25, -0.2) is 0 Å². The van der Waals surface area contributed by atoms with E-state index in [1.54, 1.807) is 46.2 Å². The fourth-order valence-corrected chi connectivity index (χ4v) is 4.59. The van der Waals surface area contributed by atoms with Crippen LogP contribution in [0, 0.1) is 0 Å². The van der Waals surface area contributed by atoms with Crippen molar-refractivity contribution < 1.29 is 19.1 Å². The number of carbonyl (C=O) groups excluding carboxylic acids is 3. The van der Waals surface area contributed by atoms with Crippen molar-refractivity contribution in [2.75, 3.05) is 36.5 Å². The van der Waals surface area contributed by atoms with E-state index in [4.69, 9.17) is 16.3 Å². The first-order chi connectivity index (χ1) is 14.0. The maximum absolute atomic E-state index is 12.8. The molecule has 0 saturated carbocycles. The number of halogens is 1. The lowest BCUT2D eigenvalue weighted by atomic mass is 10.2. The normalized spacial score (nSPS) is 19.5. The van der Waals surface area contributed by atoms with Gasteiger partial charge in [-0.05, 0) is 49.2 Å². The summed E-state index contributed by atoms with van der Waals surface area (Å²) in [6, 6.07) is 9.98. The van der Waals surface area contributed by atoms with Crippen molar-refractivity contribution >= 4 is 52.0 Å². The number of ether oxygens (including phenoxy) is 1. The lowest BCUT2D eigenvalue weighted by molar-refractivity contribution is -0.125. The van der Waals surface area contributed by atoms with E-state index in [1.165, 1.54) is 11.3 Å². The summed E-state index contributed by atoms with van der Waals surface area (Å²) in [6.45, 7) is 1.64. The first kappa shape index (κ1) is 19.9. The molecule has 0 radical (unpaired) electrons. The molecular weight excluding hydrogens is 414 g/mol. The Kier molecular flexibility index (Phi) is 5.84. The van der Waals surface area contributed by atoms with Gasteiger partial charge in [0.05, 0.1) is 15.8 Å². The summed E-state index contributed by atoms with van der Waals surface area (Å²) in [5, 5.41) is 2.88. The molecule has 152 valence electrons. The number of anilines is 2. The molecular formula is C20H20ClN3O4S. The van der Waals surface area contributed by atoms with E-state index in [2.05, 4.69) is 5.32 Å². The van der Waals surface area contributed by atoms with Gasteiger partial charge in [0.25, 0.3) is 11.8 Å².